The normalized spacial score (nSPS) is 17.2. The molecule has 1 aromatic heterocycles. The number of nitrogens with two attached hydrogens (primary N) is 1. The Balaban J connectivity index is 2.11. The van der Waals surface area contributed by atoms with Crippen molar-refractivity contribution < 1.29 is 0 Å². The molecule has 1 saturated carbocycles. The Kier molecular flexibility index (Phi) is 6.04. The van der Waals surface area contributed by atoms with Crippen LogP contribution in [0.5, 0.6) is 0 Å². The maximum atomic E-state index is 5.66. The zero-order chi connectivity index (χ0) is 13.5. The van der Waals surface area contributed by atoms with E-state index in [0.29, 0.717) is 6.04 Å². The summed E-state index contributed by atoms with van der Waals surface area (Å²) >= 11 is 3.39. The molecular formula is C14H23BrN4. The highest BCUT2D eigenvalue weighted by molar-refractivity contribution is 9.10. The molecule has 1 aromatic rings. The van der Waals surface area contributed by atoms with Crippen molar-refractivity contribution in [3.63, 3.8) is 0 Å². The molecular weight excluding hydrogens is 304 g/mol. The van der Waals surface area contributed by atoms with Crippen molar-refractivity contribution in [1.29, 1.82) is 0 Å². The molecule has 0 aliphatic heterocycles. The average molecular weight is 327 g/mol. The lowest BCUT2D eigenvalue weighted by atomic mass is 10.1. The van der Waals surface area contributed by atoms with Gasteiger partial charge in [0.2, 0.25) is 5.95 Å². The van der Waals surface area contributed by atoms with Gasteiger partial charge in [0.1, 0.15) is 0 Å². The minimum atomic E-state index is 0.579. The van der Waals surface area contributed by atoms with E-state index in [4.69, 9.17) is 5.73 Å². The third-order valence-electron chi connectivity index (χ3n) is 3.73. The Bertz CT molecular complexity index is 360. The number of nitrogens with zero attached hydrogens (tertiary/aromatic N) is 3. The lowest BCUT2D eigenvalue weighted by Gasteiger charge is -2.31. The molecule has 2 N–H and O–H groups in total. The highest BCUT2D eigenvalue weighted by Gasteiger charge is 2.21. The second kappa shape index (κ2) is 7.80. The van der Waals surface area contributed by atoms with Crippen LogP contribution in [0.15, 0.2) is 16.9 Å². The van der Waals surface area contributed by atoms with Gasteiger partial charge in [-0.25, -0.2) is 9.97 Å². The van der Waals surface area contributed by atoms with Crippen molar-refractivity contribution in [2.75, 3.05) is 18.0 Å². The van der Waals surface area contributed by atoms with E-state index in [2.05, 4.69) is 30.8 Å². The summed E-state index contributed by atoms with van der Waals surface area (Å²) in [5, 5.41) is 0. The fourth-order valence-electron chi connectivity index (χ4n) is 2.73. The highest BCUT2D eigenvalue weighted by atomic mass is 79.9. The van der Waals surface area contributed by atoms with Gasteiger partial charge in [0.15, 0.2) is 0 Å². The number of halogens is 1. The van der Waals surface area contributed by atoms with Crippen LogP contribution in [0, 0.1) is 0 Å². The summed E-state index contributed by atoms with van der Waals surface area (Å²) in [6, 6.07) is 0.579. The number of anilines is 1. The van der Waals surface area contributed by atoms with Gasteiger partial charge in [-0.3, -0.25) is 0 Å². The lowest BCUT2D eigenvalue weighted by Crippen LogP contribution is -2.37. The van der Waals surface area contributed by atoms with Crippen molar-refractivity contribution in [3.8, 4) is 0 Å². The van der Waals surface area contributed by atoms with Crippen LogP contribution in [0.25, 0.3) is 0 Å². The second-order valence-corrected chi connectivity index (χ2v) is 6.10. The average Bonchev–Trinajstić information content (AvgIpc) is 2.70. The molecule has 5 heteroatoms. The summed E-state index contributed by atoms with van der Waals surface area (Å²) in [6.07, 6.45) is 12.5. The van der Waals surface area contributed by atoms with Crippen LogP contribution in [-0.4, -0.2) is 29.1 Å². The van der Waals surface area contributed by atoms with Crippen LogP contribution in [0.4, 0.5) is 5.95 Å². The van der Waals surface area contributed by atoms with E-state index in [1.165, 1.54) is 38.5 Å². The molecule has 0 bridgehead atoms. The molecule has 0 atom stereocenters. The first-order chi connectivity index (χ1) is 9.31. The molecule has 1 aliphatic carbocycles. The van der Waals surface area contributed by atoms with Crippen molar-refractivity contribution in [2.24, 2.45) is 5.73 Å². The van der Waals surface area contributed by atoms with Crippen molar-refractivity contribution in [2.45, 2.75) is 51.0 Å². The van der Waals surface area contributed by atoms with Crippen LogP contribution in [0.3, 0.4) is 0 Å². The van der Waals surface area contributed by atoms with E-state index in [-0.39, 0.29) is 0 Å². The first kappa shape index (κ1) is 14.7. The van der Waals surface area contributed by atoms with E-state index < -0.39 is 0 Å². The van der Waals surface area contributed by atoms with Gasteiger partial charge in [-0.05, 0) is 41.7 Å². The van der Waals surface area contributed by atoms with E-state index in [1.54, 1.807) is 0 Å². The molecule has 0 saturated heterocycles. The molecule has 1 heterocycles. The Hall–Kier alpha value is -0.680. The van der Waals surface area contributed by atoms with E-state index >= 15 is 0 Å². The van der Waals surface area contributed by atoms with E-state index in [9.17, 15) is 0 Å². The number of hydrogen-bond donors (Lipinski definition) is 1. The number of rotatable bonds is 5. The molecule has 0 unspecified atom stereocenters. The Morgan fingerprint density at radius 1 is 1.16 bits per heavy atom. The van der Waals surface area contributed by atoms with Gasteiger partial charge in [-0.15, -0.1) is 0 Å². The van der Waals surface area contributed by atoms with Gasteiger partial charge in [-0.2, -0.15) is 0 Å². The third-order valence-corrected chi connectivity index (χ3v) is 4.14. The largest absolute Gasteiger partial charge is 0.338 e. The van der Waals surface area contributed by atoms with Crippen molar-refractivity contribution in [1.82, 2.24) is 9.97 Å². The Morgan fingerprint density at radius 2 is 1.79 bits per heavy atom. The predicted molar refractivity (Wildman–Crippen MR) is 82.2 cm³/mol. The molecule has 1 fully saturated rings. The van der Waals surface area contributed by atoms with Gasteiger partial charge in [-0.1, -0.05) is 25.7 Å². The van der Waals surface area contributed by atoms with Crippen LogP contribution < -0.4 is 10.6 Å². The maximum absolute atomic E-state index is 5.66. The molecule has 0 spiro atoms. The fourth-order valence-corrected chi connectivity index (χ4v) is 2.94. The molecule has 0 radical (unpaired) electrons. The van der Waals surface area contributed by atoms with E-state index in [1.807, 2.05) is 12.4 Å². The summed E-state index contributed by atoms with van der Waals surface area (Å²) in [6.45, 7) is 1.68. The van der Waals surface area contributed by atoms with Crippen LogP contribution in [-0.2, 0) is 0 Å². The number of hydrogen-bond acceptors (Lipinski definition) is 4. The van der Waals surface area contributed by atoms with Crippen LogP contribution in [0.1, 0.15) is 44.9 Å². The predicted octanol–water partition coefficient (Wildman–Crippen LogP) is 3.12. The van der Waals surface area contributed by atoms with Gasteiger partial charge < -0.3 is 10.6 Å². The smallest absolute Gasteiger partial charge is 0.225 e. The Morgan fingerprint density at radius 3 is 2.37 bits per heavy atom. The second-order valence-electron chi connectivity index (χ2n) is 5.18. The monoisotopic (exact) mass is 326 g/mol. The molecule has 19 heavy (non-hydrogen) atoms. The highest BCUT2D eigenvalue weighted by Crippen LogP contribution is 2.25. The zero-order valence-corrected chi connectivity index (χ0v) is 13.0. The summed E-state index contributed by atoms with van der Waals surface area (Å²) in [5.41, 5.74) is 5.66. The first-order valence-corrected chi connectivity index (χ1v) is 8.05. The summed E-state index contributed by atoms with van der Waals surface area (Å²) in [5.74, 6) is 0.851. The molecule has 106 valence electrons. The van der Waals surface area contributed by atoms with Crippen molar-refractivity contribution in [3.05, 3.63) is 16.9 Å². The summed E-state index contributed by atoms with van der Waals surface area (Å²) < 4.78 is 0.927. The molecule has 0 aromatic carbocycles. The fraction of sp³-hybridized carbons (Fsp3) is 0.714. The standard InChI is InChI=1S/C14H23BrN4/c15-12-10-17-14(18-11-12)19(9-5-8-16)13-6-3-1-2-4-7-13/h10-11,13H,1-9,16H2. The topological polar surface area (TPSA) is 55.0 Å². The third kappa shape index (κ3) is 4.42. The lowest BCUT2D eigenvalue weighted by molar-refractivity contribution is 0.510. The van der Waals surface area contributed by atoms with E-state index in [0.717, 1.165) is 29.9 Å². The van der Waals surface area contributed by atoms with Crippen LogP contribution in [0.2, 0.25) is 0 Å². The summed E-state index contributed by atoms with van der Waals surface area (Å²) in [4.78, 5) is 11.3. The van der Waals surface area contributed by atoms with Gasteiger partial charge in [0, 0.05) is 25.0 Å². The maximum Gasteiger partial charge on any atom is 0.225 e. The van der Waals surface area contributed by atoms with Gasteiger partial charge in [0.25, 0.3) is 0 Å². The molecule has 2 rings (SSSR count). The minimum Gasteiger partial charge on any atom is -0.338 e. The molecule has 1 aliphatic rings. The summed E-state index contributed by atoms with van der Waals surface area (Å²) in [7, 11) is 0. The zero-order valence-electron chi connectivity index (χ0n) is 11.4. The number of aromatic nitrogens is 2. The van der Waals surface area contributed by atoms with Crippen LogP contribution >= 0.6 is 15.9 Å². The minimum absolute atomic E-state index is 0.579. The quantitative estimate of drug-likeness (QED) is 0.844. The molecule has 0 amide bonds. The van der Waals surface area contributed by atoms with Gasteiger partial charge in [0.05, 0.1) is 4.47 Å². The van der Waals surface area contributed by atoms with Gasteiger partial charge >= 0.3 is 0 Å². The first-order valence-electron chi connectivity index (χ1n) is 7.25. The Labute approximate surface area is 123 Å². The molecule has 4 nitrogen and oxygen atoms in total. The SMILES string of the molecule is NCCCN(c1ncc(Br)cn1)C1CCCCCC1. The van der Waals surface area contributed by atoms with Crippen molar-refractivity contribution >= 4 is 21.9 Å².